The number of carboxylic acid groups (broad SMARTS) is 1. The number of hydrogen-bond donors (Lipinski definition) is 2. The highest BCUT2D eigenvalue weighted by molar-refractivity contribution is 5.83. The second-order valence-corrected chi connectivity index (χ2v) is 3.47. The number of rotatable bonds is 2. The highest BCUT2D eigenvalue weighted by atomic mass is 16.4. The number of nitrogens with one attached hydrogen (secondary N) is 1. The van der Waals surface area contributed by atoms with E-state index in [-0.39, 0.29) is 5.82 Å². The van der Waals surface area contributed by atoms with Crippen molar-refractivity contribution in [1.82, 2.24) is 9.97 Å². The fourth-order valence-electron chi connectivity index (χ4n) is 1.89. The third kappa shape index (κ3) is 1.56. The molecule has 1 aliphatic rings. The smallest absolute Gasteiger partial charge is 0.371 e. The lowest BCUT2D eigenvalue weighted by atomic mass is 10.1. The number of aromatic amines is 1. The van der Waals surface area contributed by atoms with Crippen LogP contribution in [0.1, 0.15) is 47.9 Å². The van der Waals surface area contributed by atoms with Gasteiger partial charge in [-0.25, -0.2) is 9.78 Å². The van der Waals surface area contributed by atoms with Gasteiger partial charge in [-0.1, -0.05) is 12.8 Å². The second kappa shape index (κ2) is 3.20. The summed E-state index contributed by atoms with van der Waals surface area (Å²) in [6.07, 6.45) is 6.44. The minimum atomic E-state index is -0.982. The molecule has 1 heterocycles. The van der Waals surface area contributed by atoms with Gasteiger partial charge in [-0.2, -0.15) is 0 Å². The molecule has 1 aromatic rings. The first kappa shape index (κ1) is 8.29. The molecule has 1 aromatic heterocycles. The third-order valence-electron chi connectivity index (χ3n) is 2.59. The van der Waals surface area contributed by atoms with E-state index in [1.54, 1.807) is 6.20 Å². The van der Waals surface area contributed by atoms with Crippen LogP contribution >= 0.6 is 0 Å². The van der Waals surface area contributed by atoms with Gasteiger partial charge in [-0.05, 0) is 12.8 Å². The lowest BCUT2D eigenvalue weighted by molar-refractivity contribution is 0.0684. The van der Waals surface area contributed by atoms with E-state index < -0.39 is 5.97 Å². The molecule has 0 amide bonds. The molecule has 1 aliphatic carbocycles. The largest absolute Gasteiger partial charge is 0.475 e. The highest BCUT2D eigenvalue weighted by Gasteiger charge is 2.20. The normalized spacial score (nSPS) is 17.8. The number of carboxylic acids is 1. The Balaban J connectivity index is 2.16. The standard InChI is InChI=1S/C9H12N2O2/c12-9(13)8-10-5-7(11-8)6-3-1-2-4-6/h5-6H,1-4H2,(H,10,11)(H,12,13). The molecule has 0 aromatic carbocycles. The van der Waals surface area contributed by atoms with Crippen LogP contribution in [0.3, 0.4) is 0 Å². The van der Waals surface area contributed by atoms with Crippen molar-refractivity contribution >= 4 is 5.97 Å². The van der Waals surface area contributed by atoms with Crippen LogP contribution < -0.4 is 0 Å². The molecule has 1 saturated carbocycles. The van der Waals surface area contributed by atoms with Crippen LogP contribution in [0.2, 0.25) is 0 Å². The van der Waals surface area contributed by atoms with Crippen molar-refractivity contribution in [3.8, 4) is 0 Å². The highest BCUT2D eigenvalue weighted by Crippen LogP contribution is 2.32. The molecule has 0 bridgehead atoms. The van der Waals surface area contributed by atoms with Gasteiger partial charge in [0.2, 0.25) is 5.82 Å². The molecule has 2 N–H and O–H groups in total. The van der Waals surface area contributed by atoms with E-state index in [9.17, 15) is 4.79 Å². The van der Waals surface area contributed by atoms with Crippen LogP contribution in [-0.2, 0) is 0 Å². The van der Waals surface area contributed by atoms with Gasteiger partial charge in [0, 0.05) is 17.8 Å². The number of aromatic carboxylic acids is 1. The zero-order chi connectivity index (χ0) is 9.26. The average Bonchev–Trinajstić information content (AvgIpc) is 2.75. The van der Waals surface area contributed by atoms with Gasteiger partial charge in [-0.15, -0.1) is 0 Å². The van der Waals surface area contributed by atoms with Gasteiger partial charge in [0.15, 0.2) is 0 Å². The van der Waals surface area contributed by atoms with Crippen LogP contribution in [0.15, 0.2) is 6.20 Å². The summed E-state index contributed by atoms with van der Waals surface area (Å²) in [5.41, 5.74) is 0.981. The van der Waals surface area contributed by atoms with Gasteiger partial charge < -0.3 is 10.1 Å². The van der Waals surface area contributed by atoms with Crippen molar-refractivity contribution in [2.24, 2.45) is 0 Å². The predicted molar refractivity (Wildman–Crippen MR) is 46.8 cm³/mol. The number of H-pyrrole nitrogens is 1. The van der Waals surface area contributed by atoms with Gasteiger partial charge in [-0.3, -0.25) is 0 Å². The van der Waals surface area contributed by atoms with E-state index in [1.165, 1.54) is 12.8 Å². The maximum Gasteiger partial charge on any atom is 0.371 e. The zero-order valence-electron chi connectivity index (χ0n) is 7.29. The van der Waals surface area contributed by atoms with E-state index in [4.69, 9.17) is 5.11 Å². The van der Waals surface area contributed by atoms with E-state index in [1.807, 2.05) is 0 Å². The summed E-state index contributed by atoms with van der Waals surface area (Å²) in [6.45, 7) is 0. The van der Waals surface area contributed by atoms with E-state index in [0.717, 1.165) is 18.5 Å². The quantitative estimate of drug-likeness (QED) is 0.728. The summed E-state index contributed by atoms with van der Waals surface area (Å²) in [6, 6.07) is 0. The van der Waals surface area contributed by atoms with Gasteiger partial charge in [0.1, 0.15) is 0 Å². The maximum absolute atomic E-state index is 10.5. The van der Waals surface area contributed by atoms with Crippen LogP contribution in [-0.4, -0.2) is 21.0 Å². The van der Waals surface area contributed by atoms with Crippen molar-refractivity contribution < 1.29 is 9.90 Å². The summed E-state index contributed by atoms with van der Waals surface area (Å²) in [5, 5.41) is 8.65. The number of imidazole rings is 1. The number of nitrogens with zero attached hydrogens (tertiary/aromatic N) is 1. The molecule has 0 atom stereocenters. The van der Waals surface area contributed by atoms with Gasteiger partial charge >= 0.3 is 5.97 Å². The molecule has 4 nitrogen and oxygen atoms in total. The molecule has 0 radical (unpaired) electrons. The molecule has 1 fully saturated rings. The Labute approximate surface area is 76.0 Å². The fraction of sp³-hybridized carbons (Fsp3) is 0.556. The fourth-order valence-corrected chi connectivity index (χ4v) is 1.89. The van der Waals surface area contributed by atoms with Crippen molar-refractivity contribution in [2.45, 2.75) is 31.6 Å². The SMILES string of the molecule is O=C(O)c1ncc(C2CCCC2)[nH]1. The van der Waals surface area contributed by atoms with Gasteiger partial charge in [0.05, 0.1) is 0 Å². The minimum Gasteiger partial charge on any atom is -0.475 e. The van der Waals surface area contributed by atoms with Gasteiger partial charge in [0.25, 0.3) is 0 Å². The van der Waals surface area contributed by atoms with E-state index in [2.05, 4.69) is 9.97 Å². The second-order valence-electron chi connectivity index (χ2n) is 3.47. The zero-order valence-corrected chi connectivity index (χ0v) is 7.29. The molecule has 2 rings (SSSR count). The summed E-state index contributed by atoms with van der Waals surface area (Å²) in [4.78, 5) is 17.2. The van der Waals surface area contributed by atoms with Crippen LogP contribution in [0.25, 0.3) is 0 Å². The lowest BCUT2D eigenvalue weighted by Crippen LogP contribution is -1.99. The van der Waals surface area contributed by atoms with Crippen LogP contribution in [0, 0.1) is 0 Å². The van der Waals surface area contributed by atoms with Crippen molar-refractivity contribution in [3.05, 3.63) is 17.7 Å². The monoisotopic (exact) mass is 180 g/mol. The Hall–Kier alpha value is -1.32. The molecule has 0 saturated heterocycles. The number of hydrogen-bond acceptors (Lipinski definition) is 2. The summed E-state index contributed by atoms with van der Waals surface area (Å²) in [5.74, 6) is -0.424. The summed E-state index contributed by atoms with van der Waals surface area (Å²) in [7, 11) is 0. The van der Waals surface area contributed by atoms with Crippen molar-refractivity contribution in [3.63, 3.8) is 0 Å². The topological polar surface area (TPSA) is 66.0 Å². The lowest BCUT2D eigenvalue weighted by Gasteiger charge is -2.03. The Morgan fingerprint density at radius 1 is 1.54 bits per heavy atom. The van der Waals surface area contributed by atoms with E-state index in [0.29, 0.717) is 5.92 Å². The molecule has 0 spiro atoms. The molecular weight excluding hydrogens is 168 g/mol. The van der Waals surface area contributed by atoms with Crippen LogP contribution in [0.5, 0.6) is 0 Å². The Morgan fingerprint density at radius 3 is 2.77 bits per heavy atom. The average molecular weight is 180 g/mol. The number of aromatic nitrogens is 2. The molecule has 13 heavy (non-hydrogen) atoms. The Morgan fingerprint density at radius 2 is 2.23 bits per heavy atom. The van der Waals surface area contributed by atoms with E-state index >= 15 is 0 Å². The molecule has 4 heteroatoms. The van der Waals surface area contributed by atoms with Crippen molar-refractivity contribution in [2.75, 3.05) is 0 Å². The number of carbonyl (C=O) groups is 1. The maximum atomic E-state index is 10.5. The van der Waals surface area contributed by atoms with Crippen LogP contribution in [0.4, 0.5) is 0 Å². The summed E-state index contributed by atoms with van der Waals surface area (Å²) >= 11 is 0. The first-order valence-electron chi connectivity index (χ1n) is 4.55. The molecule has 0 aliphatic heterocycles. The predicted octanol–water partition coefficient (Wildman–Crippen LogP) is 1.77. The molecule has 70 valence electrons. The van der Waals surface area contributed by atoms with Crippen molar-refractivity contribution in [1.29, 1.82) is 0 Å². The Kier molecular flexibility index (Phi) is 2.04. The first-order valence-corrected chi connectivity index (χ1v) is 4.55. The molecule has 0 unspecified atom stereocenters. The Bertz CT molecular complexity index is 313. The minimum absolute atomic E-state index is 0.0573. The summed E-state index contributed by atoms with van der Waals surface area (Å²) < 4.78 is 0. The molecular formula is C9H12N2O2. The third-order valence-corrected chi connectivity index (χ3v) is 2.59. The first-order chi connectivity index (χ1) is 6.27.